The van der Waals surface area contributed by atoms with Crippen LogP contribution >= 0.6 is 11.6 Å². The predicted octanol–water partition coefficient (Wildman–Crippen LogP) is 2.89. The minimum absolute atomic E-state index is 0.179. The Kier molecular flexibility index (Phi) is 2.32. The number of hydrogen-bond donors (Lipinski definition) is 1. The van der Waals surface area contributed by atoms with E-state index in [-0.39, 0.29) is 5.56 Å². The number of benzene rings is 1. The van der Waals surface area contributed by atoms with Crippen molar-refractivity contribution in [2.45, 2.75) is 6.92 Å². The molecule has 2 rings (SSSR count). The molecule has 0 unspecified atom stereocenters. The molecule has 4 heteroatoms. The van der Waals surface area contributed by atoms with Gasteiger partial charge in [0.2, 0.25) is 0 Å². The molecule has 0 saturated heterocycles. The molecule has 0 spiro atoms. The largest absolute Gasteiger partial charge is 0.478 e. The Morgan fingerprint density at radius 1 is 1.47 bits per heavy atom. The molecule has 1 aromatic heterocycles. The molecule has 15 heavy (non-hydrogen) atoms. The summed E-state index contributed by atoms with van der Waals surface area (Å²) in [6, 6.07) is 6.66. The number of hydrogen-bond acceptors (Lipinski definition) is 2. The lowest BCUT2D eigenvalue weighted by Crippen LogP contribution is -1.99. The molecule has 1 heterocycles. The molecule has 0 fully saturated rings. The fraction of sp³-hybridized carbons (Fsp3) is 0.0909. The lowest BCUT2D eigenvalue weighted by atomic mass is 10.1. The van der Waals surface area contributed by atoms with E-state index in [4.69, 9.17) is 16.7 Å². The number of para-hydroxylation sites is 1. The number of rotatable bonds is 1. The number of carbonyl (C=O) groups is 1. The highest BCUT2D eigenvalue weighted by Crippen LogP contribution is 2.25. The Balaban J connectivity index is 2.91. The van der Waals surface area contributed by atoms with Crippen LogP contribution in [0.1, 0.15) is 16.1 Å². The van der Waals surface area contributed by atoms with Crippen molar-refractivity contribution in [3.05, 3.63) is 40.5 Å². The van der Waals surface area contributed by atoms with Crippen LogP contribution in [0.5, 0.6) is 0 Å². The maximum Gasteiger partial charge on any atom is 0.337 e. The van der Waals surface area contributed by atoms with Gasteiger partial charge in [-0.1, -0.05) is 23.7 Å². The number of carboxylic acids is 1. The summed E-state index contributed by atoms with van der Waals surface area (Å²) in [7, 11) is 0. The van der Waals surface area contributed by atoms with E-state index in [1.54, 1.807) is 25.1 Å². The Morgan fingerprint density at radius 2 is 2.20 bits per heavy atom. The third kappa shape index (κ3) is 1.66. The Bertz CT molecular complexity index is 552. The Morgan fingerprint density at radius 3 is 2.87 bits per heavy atom. The van der Waals surface area contributed by atoms with Crippen molar-refractivity contribution in [2.75, 3.05) is 0 Å². The van der Waals surface area contributed by atoms with E-state index < -0.39 is 5.97 Å². The van der Waals surface area contributed by atoms with Gasteiger partial charge in [0.1, 0.15) is 0 Å². The van der Waals surface area contributed by atoms with E-state index in [9.17, 15) is 4.79 Å². The van der Waals surface area contributed by atoms with Crippen LogP contribution in [0.25, 0.3) is 10.9 Å². The van der Waals surface area contributed by atoms with Crippen LogP contribution < -0.4 is 0 Å². The molecular weight excluding hydrogens is 214 g/mol. The normalized spacial score (nSPS) is 10.5. The van der Waals surface area contributed by atoms with Crippen molar-refractivity contribution in [2.24, 2.45) is 0 Å². The molecule has 2 aromatic rings. The van der Waals surface area contributed by atoms with E-state index in [2.05, 4.69) is 4.98 Å². The van der Waals surface area contributed by atoms with Gasteiger partial charge in [-0.25, -0.2) is 4.79 Å². The van der Waals surface area contributed by atoms with Gasteiger partial charge in [0.05, 0.1) is 16.1 Å². The number of aromatic carboxylic acids is 1. The number of nitrogens with zero attached hydrogens (tertiary/aromatic N) is 1. The molecule has 0 aliphatic rings. The molecule has 3 nitrogen and oxygen atoms in total. The molecule has 76 valence electrons. The highest BCUT2D eigenvalue weighted by molar-refractivity contribution is 6.35. The molecule has 0 aliphatic heterocycles. The second kappa shape index (κ2) is 3.51. The lowest BCUT2D eigenvalue weighted by Gasteiger charge is -2.04. The summed E-state index contributed by atoms with van der Waals surface area (Å²) < 4.78 is 0. The van der Waals surface area contributed by atoms with Gasteiger partial charge in [0.15, 0.2) is 0 Å². The fourth-order valence-electron chi connectivity index (χ4n) is 1.50. The van der Waals surface area contributed by atoms with E-state index >= 15 is 0 Å². The van der Waals surface area contributed by atoms with Gasteiger partial charge in [0.25, 0.3) is 0 Å². The van der Waals surface area contributed by atoms with Crippen LogP contribution in [0.3, 0.4) is 0 Å². The summed E-state index contributed by atoms with van der Waals surface area (Å²) in [5, 5.41) is 10.2. The van der Waals surface area contributed by atoms with Crippen molar-refractivity contribution >= 4 is 28.5 Å². The molecule has 0 amide bonds. The number of pyridine rings is 1. The molecule has 0 aliphatic carbocycles. The van der Waals surface area contributed by atoms with Gasteiger partial charge < -0.3 is 5.11 Å². The Labute approximate surface area is 91.3 Å². The molecule has 0 atom stereocenters. The van der Waals surface area contributed by atoms with Gasteiger partial charge in [-0.2, -0.15) is 0 Å². The topological polar surface area (TPSA) is 50.2 Å². The van der Waals surface area contributed by atoms with Crippen LogP contribution in [0.4, 0.5) is 0 Å². The molecule has 1 aromatic carbocycles. The van der Waals surface area contributed by atoms with Crippen LogP contribution in [0.2, 0.25) is 5.02 Å². The SMILES string of the molecule is Cc1cc(Cl)c2cccc(C(=O)O)c2n1. The number of carboxylic acid groups (broad SMARTS) is 1. The first kappa shape index (κ1) is 9.93. The van der Waals surface area contributed by atoms with Gasteiger partial charge in [-0.3, -0.25) is 4.98 Å². The summed E-state index contributed by atoms with van der Waals surface area (Å²) in [4.78, 5) is 15.1. The minimum Gasteiger partial charge on any atom is -0.478 e. The van der Waals surface area contributed by atoms with Gasteiger partial charge in [-0.15, -0.1) is 0 Å². The summed E-state index contributed by atoms with van der Waals surface area (Å²) in [5.74, 6) is -0.991. The summed E-state index contributed by atoms with van der Waals surface area (Å²) in [5.41, 5.74) is 1.33. The second-order valence-electron chi connectivity index (χ2n) is 3.25. The third-order valence-corrected chi connectivity index (χ3v) is 2.46. The minimum atomic E-state index is -0.991. The molecule has 0 bridgehead atoms. The highest BCUT2D eigenvalue weighted by Gasteiger charge is 2.11. The monoisotopic (exact) mass is 221 g/mol. The molecule has 0 saturated carbocycles. The van der Waals surface area contributed by atoms with Crippen molar-refractivity contribution in [1.29, 1.82) is 0 Å². The van der Waals surface area contributed by atoms with Crippen molar-refractivity contribution in [3.63, 3.8) is 0 Å². The van der Waals surface area contributed by atoms with Crippen LogP contribution in [-0.2, 0) is 0 Å². The van der Waals surface area contributed by atoms with Crippen LogP contribution in [-0.4, -0.2) is 16.1 Å². The molecule has 1 N–H and O–H groups in total. The molecular formula is C11H8ClNO2. The average Bonchev–Trinajstić information content (AvgIpc) is 2.16. The van der Waals surface area contributed by atoms with E-state index in [1.807, 2.05) is 0 Å². The zero-order valence-electron chi connectivity index (χ0n) is 7.99. The van der Waals surface area contributed by atoms with Crippen LogP contribution in [0.15, 0.2) is 24.3 Å². The first-order valence-corrected chi connectivity index (χ1v) is 4.76. The van der Waals surface area contributed by atoms with Crippen molar-refractivity contribution < 1.29 is 9.90 Å². The first-order valence-electron chi connectivity index (χ1n) is 4.39. The summed E-state index contributed by atoms with van der Waals surface area (Å²) in [6.07, 6.45) is 0. The lowest BCUT2D eigenvalue weighted by molar-refractivity contribution is 0.0699. The zero-order valence-corrected chi connectivity index (χ0v) is 8.75. The smallest absolute Gasteiger partial charge is 0.337 e. The maximum atomic E-state index is 11.0. The highest BCUT2D eigenvalue weighted by atomic mass is 35.5. The fourth-order valence-corrected chi connectivity index (χ4v) is 1.81. The predicted molar refractivity (Wildman–Crippen MR) is 58.4 cm³/mol. The van der Waals surface area contributed by atoms with Crippen molar-refractivity contribution in [3.8, 4) is 0 Å². The number of halogens is 1. The van der Waals surface area contributed by atoms with Gasteiger partial charge >= 0.3 is 5.97 Å². The second-order valence-corrected chi connectivity index (χ2v) is 3.66. The third-order valence-electron chi connectivity index (χ3n) is 2.15. The maximum absolute atomic E-state index is 11.0. The van der Waals surface area contributed by atoms with Gasteiger partial charge in [0, 0.05) is 11.1 Å². The quantitative estimate of drug-likeness (QED) is 0.806. The average molecular weight is 222 g/mol. The standard InChI is InChI=1S/C11H8ClNO2/c1-6-5-9(12)7-3-2-4-8(11(14)15)10(7)13-6/h2-5H,1H3,(H,14,15). The summed E-state index contributed by atoms with van der Waals surface area (Å²) in [6.45, 7) is 1.78. The zero-order chi connectivity index (χ0) is 11.0. The number of aryl methyl sites for hydroxylation is 1. The number of fused-ring (bicyclic) bond motifs is 1. The first-order chi connectivity index (χ1) is 7.09. The van der Waals surface area contributed by atoms with Crippen LogP contribution in [0, 0.1) is 6.92 Å². The van der Waals surface area contributed by atoms with E-state index in [0.29, 0.717) is 21.6 Å². The number of aromatic nitrogens is 1. The summed E-state index contributed by atoms with van der Waals surface area (Å²) >= 11 is 6.01. The molecule has 0 radical (unpaired) electrons. The van der Waals surface area contributed by atoms with Gasteiger partial charge in [-0.05, 0) is 19.1 Å². The van der Waals surface area contributed by atoms with Crippen molar-refractivity contribution in [1.82, 2.24) is 4.98 Å². The van der Waals surface area contributed by atoms with E-state index in [1.165, 1.54) is 6.07 Å². The van der Waals surface area contributed by atoms with E-state index in [0.717, 1.165) is 0 Å². The Hall–Kier alpha value is -1.61.